The molecule has 2 saturated heterocycles. The largest absolute Gasteiger partial charge is 0.337 e. The molecule has 166 valence electrons. The molecule has 3 aromatic rings. The Labute approximate surface area is 190 Å². The van der Waals surface area contributed by atoms with Crippen LogP contribution in [0.3, 0.4) is 0 Å². The van der Waals surface area contributed by atoms with Crippen molar-refractivity contribution in [3.63, 3.8) is 0 Å². The lowest BCUT2D eigenvalue weighted by molar-refractivity contribution is 0.0202. The zero-order valence-electron chi connectivity index (χ0n) is 17.7. The number of hydrogen-bond acceptors (Lipinski definition) is 4. The van der Waals surface area contributed by atoms with Gasteiger partial charge in [-0.1, -0.05) is 24.3 Å². The summed E-state index contributed by atoms with van der Waals surface area (Å²) < 4.78 is 37.4. The first-order valence-corrected chi connectivity index (χ1v) is 12.6. The normalized spacial score (nSPS) is 21.2. The highest BCUT2D eigenvalue weighted by molar-refractivity contribution is 7.92. The van der Waals surface area contributed by atoms with E-state index in [9.17, 15) is 17.6 Å². The minimum Gasteiger partial charge on any atom is -0.337 e. The van der Waals surface area contributed by atoms with Crippen molar-refractivity contribution in [2.24, 2.45) is 5.41 Å². The summed E-state index contributed by atoms with van der Waals surface area (Å²) in [6, 6.07) is 11.9. The number of pyridine rings is 1. The van der Waals surface area contributed by atoms with Crippen molar-refractivity contribution in [1.82, 2.24) is 9.88 Å². The molecule has 0 radical (unpaired) electrons. The molecular weight excluding hydrogens is 441 g/mol. The summed E-state index contributed by atoms with van der Waals surface area (Å²) in [6.45, 7) is 8.29. The van der Waals surface area contributed by atoms with E-state index < -0.39 is 21.2 Å². The van der Waals surface area contributed by atoms with E-state index in [1.807, 2.05) is 24.3 Å². The van der Waals surface area contributed by atoms with Gasteiger partial charge in [0.25, 0.3) is 11.4 Å². The third kappa shape index (κ3) is 3.14. The minimum absolute atomic E-state index is 0.127. The van der Waals surface area contributed by atoms with Crippen molar-refractivity contribution in [2.75, 3.05) is 24.6 Å². The second-order valence-electron chi connectivity index (χ2n) is 9.62. The fraction of sp³-hybridized carbons (Fsp3) is 0.320. The molecule has 1 amide bonds. The molecule has 8 heteroatoms. The zero-order chi connectivity index (χ0) is 23.0. The van der Waals surface area contributed by atoms with E-state index in [1.54, 1.807) is 11.0 Å². The predicted octanol–water partition coefficient (Wildman–Crippen LogP) is 3.82. The van der Waals surface area contributed by atoms with Crippen LogP contribution < -0.4 is 0 Å². The molecule has 0 atom stereocenters. The highest BCUT2D eigenvalue weighted by Crippen LogP contribution is 2.50. The number of aromatic nitrogens is 1. The average molecular weight is 462 g/mol. The summed E-state index contributed by atoms with van der Waals surface area (Å²) in [5.41, 5.74) is 2.51. The van der Waals surface area contributed by atoms with Gasteiger partial charge in [0.15, 0.2) is 9.84 Å². The van der Waals surface area contributed by atoms with Gasteiger partial charge in [-0.3, -0.25) is 9.78 Å². The maximum atomic E-state index is 14.2. The standard InChI is InChI=1S/C25H20FN3O3S/c1-27-25(8-9-25)17-4-2-16(3-5-17)22-19-10-18(26)6-7-21(19)28-11-20(22)23(30)29-12-24(13-29)14-33(31,32)15-24/h2-7,10-11H,8-9,12-15H2. The van der Waals surface area contributed by atoms with Crippen LogP contribution in [0.1, 0.15) is 28.8 Å². The van der Waals surface area contributed by atoms with Gasteiger partial charge in [0.1, 0.15) is 5.82 Å². The molecule has 1 aliphatic carbocycles. The van der Waals surface area contributed by atoms with Crippen LogP contribution in [0.5, 0.6) is 0 Å². The Morgan fingerprint density at radius 2 is 1.79 bits per heavy atom. The Kier molecular flexibility index (Phi) is 4.07. The number of sulfone groups is 1. The van der Waals surface area contributed by atoms with Crippen LogP contribution in [-0.4, -0.2) is 48.8 Å². The molecule has 33 heavy (non-hydrogen) atoms. The SMILES string of the molecule is [C-]#[N+]C1(c2ccc(-c3c(C(=O)N4CC5(C4)CS(=O)(=O)C5)cnc4ccc(F)cc34)cc2)CC1. The molecule has 0 unspecified atom stereocenters. The van der Waals surface area contributed by atoms with Gasteiger partial charge < -0.3 is 9.74 Å². The fourth-order valence-electron chi connectivity index (χ4n) is 5.32. The first-order valence-electron chi connectivity index (χ1n) is 10.8. The number of halogens is 1. The number of nitrogens with zero attached hydrogens (tertiary/aromatic N) is 3. The highest BCUT2D eigenvalue weighted by atomic mass is 32.2. The van der Waals surface area contributed by atoms with Crippen LogP contribution in [0.2, 0.25) is 0 Å². The average Bonchev–Trinajstić information content (AvgIpc) is 3.56. The van der Waals surface area contributed by atoms with Crippen LogP contribution in [0.4, 0.5) is 4.39 Å². The second-order valence-corrected chi connectivity index (χ2v) is 11.7. The molecule has 0 N–H and O–H groups in total. The number of carbonyl (C=O) groups is 1. The summed E-state index contributed by atoms with van der Waals surface area (Å²) in [7, 11) is -2.97. The number of hydrogen-bond donors (Lipinski definition) is 0. The van der Waals surface area contributed by atoms with Crippen molar-refractivity contribution in [3.05, 3.63) is 77.0 Å². The quantitative estimate of drug-likeness (QED) is 0.556. The van der Waals surface area contributed by atoms with Gasteiger partial charge in [0, 0.05) is 54.1 Å². The van der Waals surface area contributed by atoms with Crippen molar-refractivity contribution in [2.45, 2.75) is 18.4 Å². The molecule has 1 saturated carbocycles. The molecule has 3 aliphatic rings. The molecule has 6 rings (SSSR count). The minimum atomic E-state index is -2.97. The van der Waals surface area contributed by atoms with E-state index in [1.165, 1.54) is 18.3 Å². The summed E-state index contributed by atoms with van der Waals surface area (Å²) >= 11 is 0. The van der Waals surface area contributed by atoms with E-state index in [-0.39, 0.29) is 22.8 Å². The maximum Gasteiger partial charge on any atom is 0.258 e. The van der Waals surface area contributed by atoms with E-state index in [0.717, 1.165) is 24.0 Å². The van der Waals surface area contributed by atoms with Gasteiger partial charge in [-0.15, -0.1) is 0 Å². The lowest BCUT2D eigenvalue weighted by atomic mass is 9.82. The van der Waals surface area contributed by atoms with Gasteiger partial charge in [-0.2, -0.15) is 0 Å². The molecular formula is C25H20FN3O3S. The fourth-order valence-corrected chi connectivity index (χ4v) is 7.47. The Balaban J connectivity index is 1.41. The van der Waals surface area contributed by atoms with Crippen LogP contribution in [0.15, 0.2) is 48.7 Å². The van der Waals surface area contributed by atoms with E-state index in [2.05, 4.69) is 9.83 Å². The van der Waals surface area contributed by atoms with E-state index in [0.29, 0.717) is 35.1 Å². The smallest absolute Gasteiger partial charge is 0.258 e. The summed E-state index contributed by atoms with van der Waals surface area (Å²) in [5.74, 6) is -0.397. The number of likely N-dealkylation sites (tertiary alicyclic amines) is 1. The van der Waals surface area contributed by atoms with Crippen molar-refractivity contribution < 1.29 is 17.6 Å². The van der Waals surface area contributed by atoms with Gasteiger partial charge in [-0.25, -0.2) is 19.4 Å². The summed E-state index contributed by atoms with van der Waals surface area (Å²) in [4.78, 5) is 23.2. The lowest BCUT2D eigenvalue weighted by Crippen LogP contribution is -2.69. The maximum absolute atomic E-state index is 14.2. The number of carbonyl (C=O) groups excluding carboxylic acids is 1. The molecule has 3 heterocycles. The first-order chi connectivity index (χ1) is 15.7. The van der Waals surface area contributed by atoms with Crippen molar-refractivity contribution >= 4 is 26.6 Å². The topological polar surface area (TPSA) is 71.7 Å². The third-order valence-electron chi connectivity index (χ3n) is 7.10. The van der Waals surface area contributed by atoms with Crippen molar-refractivity contribution in [3.8, 4) is 11.1 Å². The Morgan fingerprint density at radius 1 is 1.09 bits per heavy atom. The highest BCUT2D eigenvalue weighted by Gasteiger charge is 2.57. The van der Waals surface area contributed by atoms with Crippen LogP contribution in [0, 0.1) is 17.8 Å². The Hall–Kier alpha value is -3.31. The van der Waals surface area contributed by atoms with Crippen molar-refractivity contribution in [1.29, 1.82) is 0 Å². The van der Waals surface area contributed by atoms with Crippen LogP contribution in [0.25, 0.3) is 26.9 Å². The van der Waals surface area contributed by atoms with Crippen LogP contribution in [-0.2, 0) is 15.4 Å². The molecule has 1 aromatic heterocycles. The molecule has 0 bridgehead atoms. The van der Waals surface area contributed by atoms with Gasteiger partial charge in [-0.05, 0) is 23.8 Å². The number of benzene rings is 2. The van der Waals surface area contributed by atoms with Gasteiger partial charge in [0.2, 0.25) is 0 Å². The van der Waals surface area contributed by atoms with Crippen LogP contribution >= 0.6 is 0 Å². The predicted molar refractivity (Wildman–Crippen MR) is 122 cm³/mol. The van der Waals surface area contributed by atoms with Gasteiger partial charge in [0.05, 0.1) is 22.6 Å². The number of amides is 1. The Bertz CT molecular complexity index is 1470. The molecule has 6 nitrogen and oxygen atoms in total. The van der Waals surface area contributed by atoms with E-state index >= 15 is 0 Å². The molecule has 3 fully saturated rings. The molecule has 2 aromatic carbocycles. The number of rotatable bonds is 3. The third-order valence-corrected chi connectivity index (χ3v) is 9.21. The lowest BCUT2D eigenvalue weighted by Gasteiger charge is -2.54. The molecule has 2 aliphatic heterocycles. The molecule has 1 spiro atoms. The monoisotopic (exact) mass is 461 g/mol. The Morgan fingerprint density at radius 3 is 2.39 bits per heavy atom. The number of fused-ring (bicyclic) bond motifs is 1. The second kappa shape index (κ2) is 6.61. The van der Waals surface area contributed by atoms with Gasteiger partial charge >= 0.3 is 0 Å². The van der Waals surface area contributed by atoms with E-state index in [4.69, 9.17) is 6.57 Å². The summed E-state index contributed by atoms with van der Waals surface area (Å²) in [6.07, 6.45) is 3.21. The first kappa shape index (κ1) is 20.3. The zero-order valence-corrected chi connectivity index (χ0v) is 18.5. The summed E-state index contributed by atoms with van der Waals surface area (Å²) in [5, 5.41) is 0.543.